The maximum absolute atomic E-state index is 2.37. The fraction of sp³-hybridized carbons (Fsp3) is 0.138. The third kappa shape index (κ3) is 8.46. The largest absolute Gasteiger partial charge is 0.310 e. The van der Waals surface area contributed by atoms with Gasteiger partial charge in [-0.2, -0.15) is 0 Å². The highest BCUT2D eigenvalue weighted by atomic mass is 15.1. The summed E-state index contributed by atoms with van der Waals surface area (Å²) in [7, 11) is 0. The molecule has 2 heteroatoms. The van der Waals surface area contributed by atoms with Gasteiger partial charge in [-0.25, -0.2) is 0 Å². The molecule has 0 aliphatic rings. The molecule has 9 rings (SSSR count). The van der Waals surface area contributed by atoms with E-state index in [0.717, 1.165) is 47.0 Å². The van der Waals surface area contributed by atoms with Crippen molar-refractivity contribution >= 4 is 55.7 Å². The van der Waals surface area contributed by atoms with Gasteiger partial charge in [0.25, 0.3) is 0 Å². The highest BCUT2D eigenvalue weighted by molar-refractivity contribution is 5.91. The molecule has 60 heavy (non-hydrogen) atoms. The van der Waals surface area contributed by atoms with Gasteiger partial charge in [-0.3, -0.25) is 0 Å². The number of fused-ring (bicyclic) bond motifs is 2. The first-order valence-electron chi connectivity index (χ1n) is 21.7. The molecule has 0 bridgehead atoms. The molecule has 0 fully saturated rings. The maximum Gasteiger partial charge on any atom is 0.0468 e. The van der Waals surface area contributed by atoms with E-state index in [9.17, 15) is 0 Å². The third-order valence-electron chi connectivity index (χ3n) is 11.8. The Labute approximate surface area is 356 Å². The Hall–Kier alpha value is -6.90. The molecule has 0 N–H and O–H groups in total. The van der Waals surface area contributed by atoms with Crippen molar-refractivity contribution in [3.8, 4) is 22.3 Å². The molecule has 0 heterocycles. The molecule has 0 unspecified atom stereocenters. The smallest absolute Gasteiger partial charge is 0.0468 e. The van der Waals surface area contributed by atoms with E-state index < -0.39 is 0 Å². The van der Waals surface area contributed by atoms with Crippen LogP contribution in [-0.2, 0) is 12.8 Å². The number of unbranched alkanes of at least 4 members (excludes halogenated alkanes) is 2. The molecule has 294 valence electrons. The number of hydrogen-bond acceptors (Lipinski definition) is 2. The van der Waals surface area contributed by atoms with Gasteiger partial charge in [-0.1, -0.05) is 160 Å². The summed E-state index contributed by atoms with van der Waals surface area (Å²) < 4.78 is 0. The quantitative estimate of drug-likeness (QED) is 0.109. The number of hydrogen-bond donors (Lipinski definition) is 0. The zero-order valence-electron chi connectivity index (χ0n) is 34.8. The minimum atomic E-state index is 1.12. The maximum atomic E-state index is 2.37. The molecule has 0 spiro atoms. The average molecular weight is 777 g/mol. The van der Waals surface area contributed by atoms with Crippen molar-refractivity contribution in [1.82, 2.24) is 0 Å². The minimum absolute atomic E-state index is 1.12. The normalized spacial score (nSPS) is 11.2. The lowest BCUT2D eigenvalue weighted by molar-refractivity contribution is 0.795. The zero-order valence-corrected chi connectivity index (χ0v) is 34.8. The average Bonchev–Trinajstić information content (AvgIpc) is 3.31. The van der Waals surface area contributed by atoms with E-state index in [0.29, 0.717) is 0 Å². The van der Waals surface area contributed by atoms with E-state index >= 15 is 0 Å². The van der Waals surface area contributed by atoms with Gasteiger partial charge in [0.1, 0.15) is 0 Å². The molecule has 0 saturated carbocycles. The predicted octanol–water partition coefficient (Wildman–Crippen LogP) is 17.0. The number of aryl methyl sites for hydroxylation is 2. The second-order valence-electron chi connectivity index (χ2n) is 15.9. The standard InChI is InChI=1S/C58H52N2/c1-3-5-11-43-17-31-53(32-18-43)59(57-39-29-45-13-7-9-15-51(45)41-57)55-35-25-49(26-36-55)47-21-23-48(24-22-47)50-27-37-56(38-28-50)60(54-33-19-44(20-34-54)12-6-4-2)58-40-30-46-14-8-10-16-52(46)42-58/h7-10,13-42H,3-6,11-12H2,1-2H3. The van der Waals surface area contributed by atoms with Crippen molar-refractivity contribution in [3.05, 3.63) is 217 Å². The summed E-state index contributed by atoms with van der Waals surface area (Å²) in [6.45, 7) is 4.51. The number of benzene rings is 9. The lowest BCUT2D eigenvalue weighted by atomic mass is 9.99. The fourth-order valence-corrected chi connectivity index (χ4v) is 8.37. The predicted molar refractivity (Wildman–Crippen MR) is 259 cm³/mol. The van der Waals surface area contributed by atoms with Crippen LogP contribution in [0, 0.1) is 0 Å². The van der Waals surface area contributed by atoms with Crippen LogP contribution in [0.4, 0.5) is 34.1 Å². The Kier molecular flexibility index (Phi) is 11.5. The van der Waals surface area contributed by atoms with Gasteiger partial charge in [0.05, 0.1) is 0 Å². The van der Waals surface area contributed by atoms with Crippen LogP contribution in [0.25, 0.3) is 43.8 Å². The van der Waals surface area contributed by atoms with Gasteiger partial charge in [0.15, 0.2) is 0 Å². The summed E-state index contributed by atoms with van der Waals surface area (Å²) in [6.07, 6.45) is 7.06. The Balaban J connectivity index is 0.971. The van der Waals surface area contributed by atoms with Crippen LogP contribution >= 0.6 is 0 Å². The summed E-state index contributed by atoms with van der Waals surface area (Å²) in [4.78, 5) is 4.74. The highest BCUT2D eigenvalue weighted by Gasteiger charge is 2.16. The SMILES string of the molecule is CCCCc1ccc(N(c2ccc(-c3ccc(-c4ccc(N(c5ccc(CCCC)cc5)c5ccc6ccccc6c5)cc4)cc3)cc2)c2ccc3ccccc3c2)cc1. The van der Waals surface area contributed by atoms with Gasteiger partial charge < -0.3 is 9.80 Å². The van der Waals surface area contributed by atoms with Crippen LogP contribution in [0.5, 0.6) is 0 Å². The number of anilines is 6. The van der Waals surface area contributed by atoms with E-state index in [4.69, 9.17) is 0 Å². The first-order valence-corrected chi connectivity index (χ1v) is 21.7. The van der Waals surface area contributed by atoms with Gasteiger partial charge in [0.2, 0.25) is 0 Å². The second-order valence-corrected chi connectivity index (χ2v) is 15.9. The zero-order chi connectivity index (χ0) is 40.7. The van der Waals surface area contributed by atoms with Crippen LogP contribution in [0.1, 0.15) is 50.7 Å². The van der Waals surface area contributed by atoms with E-state index in [-0.39, 0.29) is 0 Å². The highest BCUT2D eigenvalue weighted by Crippen LogP contribution is 2.39. The Morgan fingerprint density at radius 1 is 0.283 bits per heavy atom. The van der Waals surface area contributed by atoms with Crippen LogP contribution < -0.4 is 9.80 Å². The molecule has 0 aliphatic heterocycles. The van der Waals surface area contributed by atoms with Crippen molar-refractivity contribution in [2.75, 3.05) is 9.80 Å². The van der Waals surface area contributed by atoms with Gasteiger partial charge in [0, 0.05) is 34.1 Å². The summed E-state index contributed by atoms with van der Waals surface area (Å²) in [5.74, 6) is 0. The minimum Gasteiger partial charge on any atom is -0.310 e. The monoisotopic (exact) mass is 776 g/mol. The Morgan fingerprint density at radius 2 is 0.567 bits per heavy atom. The summed E-state index contributed by atoms with van der Waals surface area (Å²) >= 11 is 0. The van der Waals surface area contributed by atoms with Crippen LogP contribution in [0.2, 0.25) is 0 Å². The van der Waals surface area contributed by atoms with Crippen molar-refractivity contribution < 1.29 is 0 Å². The van der Waals surface area contributed by atoms with E-state index in [1.165, 1.54) is 80.6 Å². The van der Waals surface area contributed by atoms with E-state index in [1.54, 1.807) is 0 Å². The summed E-state index contributed by atoms with van der Waals surface area (Å²) in [6, 6.07) is 75.9. The van der Waals surface area contributed by atoms with Crippen molar-refractivity contribution in [1.29, 1.82) is 0 Å². The van der Waals surface area contributed by atoms with Crippen molar-refractivity contribution in [2.24, 2.45) is 0 Å². The molecule has 0 amide bonds. The van der Waals surface area contributed by atoms with Gasteiger partial charge >= 0.3 is 0 Å². The third-order valence-corrected chi connectivity index (χ3v) is 11.8. The van der Waals surface area contributed by atoms with Crippen LogP contribution in [0.3, 0.4) is 0 Å². The van der Waals surface area contributed by atoms with E-state index in [2.05, 4.69) is 230 Å². The summed E-state index contributed by atoms with van der Waals surface area (Å²) in [5, 5.41) is 4.97. The van der Waals surface area contributed by atoms with Gasteiger partial charge in [-0.15, -0.1) is 0 Å². The molecule has 2 nitrogen and oxygen atoms in total. The van der Waals surface area contributed by atoms with Gasteiger partial charge in [-0.05, 0) is 153 Å². The lowest BCUT2D eigenvalue weighted by Gasteiger charge is -2.26. The van der Waals surface area contributed by atoms with E-state index in [1.807, 2.05) is 0 Å². The van der Waals surface area contributed by atoms with Crippen LogP contribution in [-0.4, -0.2) is 0 Å². The molecule has 0 aliphatic carbocycles. The summed E-state index contributed by atoms with van der Waals surface area (Å²) in [5.41, 5.74) is 14.5. The van der Waals surface area contributed by atoms with Crippen molar-refractivity contribution in [2.45, 2.75) is 52.4 Å². The number of rotatable bonds is 14. The molecule has 0 atom stereocenters. The first-order chi connectivity index (χ1) is 29.6. The molecule has 9 aromatic rings. The van der Waals surface area contributed by atoms with Crippen molar-refractivity contribution in [3.63, 3.8) is 0 Å². The molecular formula is C58H52N2. The topological polar surface area (TPSA) is 6.48 Å². The molecule has 9 aromatic carbocycles. The Bertz CT molecular complexity index is 2600. The fourth-order valence-electron chi connectivity index (χ4n) is 8.37. The number of nitrogens with zero attached hydrogens (tertiary/aromatic N) is 2. The lowest BCUT2D eigenvalue weighted by Crippen LogP contribution is -2.10. The van der Waals surface area contributed by atoms with Crippen LogP contribution in [0.15, 0.2) is 206 Å². The molecule has 0 radical (unpaired) electrons. The molecule has 0 aromatic heterocycles. The second kappa shape index (κ2) is 17.9. The molecule has 0 saturated heterocycles. The Morgan fingerprint density at radius 3 is 0.900 bits per heavy atom. The molecular weight excluding hydrogens is 725 g/mol. The first kappa shape index (κ1) is 38.6.